The molecule has 2 heterocycles. The zero-order valence-corrected chi connectivity index (χ0v) is 12.2. The summed E-state index contributed by atoms with van der Waals surface area (Å²) in [4.78, 5) is 38.7. The maximum Gasteiger partial charge on any atom is 0.252 e. The quantitative estimate of drug-likeness (QED) is 0.770. The minimum atomic E-state index is -0.703. The number of hydrogen-bond donors (Lipinski definition) is 3. The van der Waals surface area contributed by atoms with Crippen molar-refractivity contribution in [3.63, 3.8) is 0 Å². The van der Waals surface area contributed by atoms with Crippen LogP contribution in [0.4, 0.5) is 17.3 Å². The number of nitrogens with zero attached hydrogens (tertiary/aromatic N) is 3. The monoisotopic (exact) mass is 314 g/mol. The Labute approximate surface area is 131 Å². The zero-order valence-electron chi connectivity index (χ0n) is 12.2. The van der Waals surface area contributed by atoms with Crippen LogP contribution in [-0.2, 0) is 14.4 Å². The molecule has 9 nitrogen and oxygen atoms in total. The van der Waals surface area contributed by atoms with Crippen molar-refractivity contribution in [3.8, 4) is 0 Å². The van der Waals surface area contributed by atoms with Gasteiger partial charge in [0.1, 0.15) is 12.4 Å². The number of benzene rings is 1. The zero-order chi connectivity index (χ0) is 16.4. The van der Waals surface area contributed by atoms with Gasteiger partial charge in [-0.15, -0.1) is 0 Å². The fourth-order valence-corrected chi connectivity index (χ4v) is 2.28. The van der Waals surface area contributed by atoms with E-state index in [9.17, 15) is 14.4 Å². The van der Waals surface area contributed by atoms with E-state index in [1.165, 1.54) is 17.9 Å². The topological polar surface area (TPSA) is 118 Å². The number of amides is 3. The highest BCUT2D eigenvalue weighted by atomic mass is 16.2. The molecular formula is C14H14N6O3. The van der Waals surface area contributed by atoms with Crippen LogP contribution in [0.2, 0.25) is 0 Å². The van der Waals surface area contributed by atoms with Gasteiger partial charge in [-0.25, -0.2) is 4.68 Å². The highest BCUT2D eigenvalue weighted by molar-refractivity contribution is 6.01. The van der Waals surface area contributed by atoms with Gasteiger partial charge in [0.25, 0.3) is 5.91 Å². The van der Waals surface area contributed by atoms with E-state index < -0.39 is 6.04 Å². The van der Waals surface area contributed by atoms with E-state index in [0.717, 1.165) is 0 Å². The van der Waals surface area contributed by atoms with Crippen LogP contribution >= 0.6 is 0 Å². The predicted molar refractivity (Wildman–Crippen MR) is 81.7 cm³/mol. The van der Waals surface area contributed by atoms with Crippen molar-refractivity contribution in [3.05, 3.63) is 30.6 Å². The van der Waals surface area contributed by atoms with Crippen LogP contribution in [0.15, 0.2) is 30.6 Å². The summed E-state index contributed by atoms with van der Waals surface area (Å²) in [6.07, 6.45) is 1.27. The first-order valence-corrected chi connectivity index (χ1v) is 6.91. The Morgan fingerprint density at radius 2 is 1.87 bits per heavy atom. The third kappa shape index (κ3) is 3.18. The van der Waals surface area contributed by atoms with Gasteiger partial charge in [-0.1, -0.05) is 0 Å². The average Bonchev–Trinajstić information content (AvgIpc) is 3.04. The van der Waals surface area contributed by atoms with Crippen LogP contribution in [0, 0.1) is 0 Å². The molecule has 23 heavy (non-hydrogen) atoms. The number of anilines is 3. The molecule has 1 aromatic heterocycles. The molecule has 0 aliphatic carbocycles. The van der Waals surface area contributed by atoms with E-state index in [-0.39, 0.29) is 24.1 Å². The number of hydrogen-bond acceptors (Lipinski definition) is 5. The predicted octanol–water partition coefficient (Wildman–Crippen LogP) is 0.758. The van der Waals surface area contributed by atoms with E-state index in [4.69, 9.17) is 0 Å². The molecule has 0 spiro atoms. The highest BCUT2D eigenvalue weighted by Crippen LogP contribution is 2.24. The van der Waals surface area contributed by atoms with Gasteiger partial charge in [0.2, 0.25) is 17.8 Å². The molecule has 0 unspecified atom stereocenters. The number of rotatable bonds is 4. The molecule has 9 heteroatoms. The van der Waals surface area contributed by atoms with Gasteiger partial charge in [0.05, 0.1) is 6.42 Å². The molecule has 0 bridgehead atoms. The fourth-order valence-electron chi connectivity index (χ4n) is 2.28. The van der Waals surface area contributed by atoms with Crippen LogP contribution in [0.3, 0.4) is 0 Å². The second-order valence-electron chi connectivity index (χ2n) is 5.04. The third-order valence-corrected chi connectivity index (χ3v) is 3.27. The summed E-state index contributed by atoms with van der Waals surface area (Å²) in [5, 5.41) is 11.8. The van der Waals surface area contributed by atoms with Crippen LogP contribution < -0.4 is 16.0 Å². The second kappa shape index (κ2) is 5.87. The van der Waals surface area contributed by atoms with Crippen molar-refractivity contribution in [1.29, 1.82) is 0 Å². The lowest BCUT2D eigenvalue weighted by molar-refractivity contribution is -0.123. The number of fused-ring (bicyclic) bond motifs is 1. The van der Waals surface area contributed by atoms with Gasteiger partial charge >= 0.3 is 0 Å². The SMILES string of the molecule is CC(=O)Nc1ccc(NC(=O)C[C@H]2C(=O)Nc3ncnn32)cc1. The minimum absolute atomic E-state index is 0.0460. The summed E-state index contributed by atoms with van der Waals surface area (Å²) < 4.78 is 1.39. The molecular weight excluding hydrogens is 300 g/mol. The summed E-state index contributed by atoms with van der Waals surface area (Å²) >= 11 is 0. The largest absolute Gasteiger partial charge is 0.326 e. The first kappa shape index (κ1) is 14.7. The number of aromatic nitrogens is 3. The Morgan fingerprint density at radius 1 is 1.22 bits per heavy atom. The second-order valence-corrected chi connectivity index (χ2v) is 5.04. The first-order chi connectivity index (χ1) is 11.0. The highest BCUT2D eigenvalue weighted by Gasteiger charge is 2.33. The minimum Gasteiger partial charge on any atom is -0.326 e. The lowest BCUT2D eigenvalue weighted by Crippen LogP contribution is -2.23. The van der Waals surface area contributed by atoms with Gasteiger partial charge in [-0.2, -0.15) is 10.1 Å². The van der Waals surface area contributed by atoms with Crippen LogP contribution in [0.25, 0.3) is 0 Å². The van der Waals surface area contributed by atoms with Crippen LogP contribution in [-0.4, -0.2) is 32.5 Å². The molecule has 3 rings (SSSR count). The van der Waals surface area contributed by atoms with E-state index >= 15 is 0 Å². The lowest BCUT2D eigenvalue weighted by atomic mass is 10.2. The molecule has 1 aromatic carbocycles. The number of carbonyl (C=O) groups excluding carboxylic acids is 3. The first-order valence-electron chi connectivity index (χ1n) is 6.91. The lowest BCUT2D eigenvalue weighted by Gasteiger charge is -2.10. The van der Waals surface area contributed by atoms with Crippen molar-refractivity contribution >= 4 is 35.0 Å². The van der Waals surface area contributed by atoms with Gasteiger partial charge in [0.15, 0.2) is 0 Å². The summed E-state index contributed by atoms with van der Waals surface area (Å²) in [5.74, 6) is -0.456. The molecule has 0 radical (unpaired) electrons. The van der Waals surface area contributed by atoms with Crippen molar-refractivity contribution in [2.45, 2.75) is 19.4 Å². The normalized spacial score (nSPS) is 15.7. The Bertz CT molecular complexity index is 767. The summed E-state index contributed by atoms with van der Waals surface area (Å²) in [6.45, 7) is 1.42. The Hall–Kier alpha value is -3.23. The van der Waals surface area contributed by atoms with Gasteiger partial charge in [-0.3, -0.25) is 19.7 Å². The standard InChI is InChI=1S/C14H14N6O3/c1-8(21)17-9-2-4-10(5-3-9)18-12(22)6-11-13(23)19-14-15-7-16-20(11)14/h2-5,7,11H,6H2,1H3,(H,17,21)(H,18,22)(H,15,16,19,23)/t11-/m0/s1. The van der Waals surface area contributed by atoms with Crippen molar-refractivity contribution in [1.82, 2.24) is 14.8 Å². The molecule has 2 aromatic rings. The van der Waals surface area contributed by atoms with Gasteiger partial charge < -0.3 is 10.6 Å². The maximum absolute atomic E-state index is 12.1. The fraction of sp³-hybridized carbons (Fsp3) is 0.214. The van der Waals surface area contributed by atoms with Crippen molar-refractivity contribution < 1.29 is 14.4 Å². The number of carbonyl (C=O) groups is 3. The molecule has 3 N–H and O–H groups in total. The molecule has 3 amide bonds. The molecule has 0 saturated heterocycles. The molecule has 118 valence electrons. The molecule has 1 atom stereocenters. The number of nitrogens with one attached hydrogen (secondary N) is 3. The smallest absolute Gasteiger partial charge is 0.252 e. The maximum atomic E-state index is 12.1. The van der Waals surface area contributed by atoms with Gasteiger partial charge in [0, 0.05) is 18.3 Å². The third-order valence-electron chi connectivity index (χ3n) is 3.27. The van der Waals surface area contributed by atoms with Crippen molar-refractivity contribution in [2.75, 3.05) is 16.0 Å². The Kier molecular flexibility index (Phi) is 3.75. The molecule has 0 fully saturated rings. The molecule has 1 aliphatic heterocycles. The van der Waals surface area contributed by atoms with Crippen LogP contribution in [0.1, 0.15) is 19.4 Å². The summed E-state index contributed by atoms with van der Waals surface area (Å²) in [5.41, 5.74) is 1.21. The van der Waals surface area contributed by atoms with E-state index in [1.807, 2.05) is 0 Å². The summed E-state index contributed by atoms with van der Waals surface area (Å²) in [7, 11) is 0. The van der Waals surface area contributed by atoms with E-state index in [2.05, 4.69) is 26.0 Å². The van der Waals surface area contributed by atoms with Crippen LogP contribution in [0.5, 0.6) is 0 Å². The molecule has 1 aliphatic rings. The van der Waals surface area contributed by atoms with Gasteiger partial charge in [-0.05, 0) is 24.3 Å². The summed E-state index contributed by atoms with van der Waals surface area (Å²) in [6, 6.07) is 5.98. The molecule has 0 saturated carbocycles. The van der Waals surface area contributed by atoms with E-state index in [0.29, 0.717) is 17.3 Å². The van der Waals surface area contributed by atoms with E-state index in [1.54, 1.807) is 24.3 Å². The average molecular weight is 314 g/mol. The Balaban J connectivity index is 1.61. The Morgan fingerprint density at radius 3 is 2.52 bits per heavy atom. The van der Waals surface area contributed by atoms with Crippen molar-refractivity contribution in [2.24, 2.45) is 0 Å².